The van der Waals surface area contributed by atoms with E-state index in [1.165, 1.54) is 24.3 Å². The van der Waals surface area contributed by atoms with Crippen molar-refractivity contribution >= 4 is 21.4 Å². The summed E-state index contributed by atoms with van der Waals surface area (Å²) in [5.74, 6) is 0.342. The maximum atomic E-state index is 12.3. The topological polar surface area (TPSA) is 89.0 Å². The summed E-state index contributed by atoms with van der Waals surface area (Å²) in [4.78, 5) is 21.0. The Kier molecular flexibility index (Phi) is 5.27. The molecule has 1 aromatic carbocycles. The molecule has 0 saturated carbocycles. The van der Waals surface area contributed by atoms with Gasteiger partial charge in [-0.05, 0) is 38.1 Å². The number of aromatic nitrogens is 2. The molecule has 0 aliphatic heterocycles. The normalized spacial score (nSPS) is 12.2. The Labute approximate surface area is 148 Å². The van der Waals surface area contributed by atoms with Gasteiger partial charge in [0.25, 0.3) is 5.91 Å². The molecule has 1 heterocycles. The molecule has 1 aromatic heterocycles. The number of sulfone groups is 1. The van der Waals surface area contributed by atoms with Crippen LogP contribution in [0.1, 0.15) is 50.8 Å². The second-order valence-electron chi connectivity index (χ2n) is 7.12. The SMILES string of the molecule is CC(C)S(=O)(=O)c1ccc(C(=O)Nc2cnc(C(C)(C)C)nc2)cc1. The lowest BCUT2D eigenvalue weighted by molar-refractivity contribution is 0.102. The lowest BCUT2D eigenvalue weighted by atomic mass is 9.96. The highest BCUT2D eigenvalue weighted by atomic mass is 32.2. The molecule has 2 aromatic rings. The number of carbonyl (C=O) groups excluding carboxylic acids is 1. The van der Waals surface area contributed by atoms with Gasteiger partial charge in [-0.2, -0.15) is 0 Å². The largest absolute Gasteiger partial charge is 0.319 e. The first-order chi connectivity index (χ1) is 11.5. The molecule has 2 rings (SSSR count). The number of rotatable bonds is 4. The van der Waals surface area contributed by atoms with Crippen molar-refractivity contribution in [2.75, 3.05) is 5.32 Å². The quantitative estimate of drug-likeness (QED) is 0.903. The number of carbonyl (C=O) groups is 1. The highest BCUT2D eigenvalue weighted by molar-refractivity contribution is 7.92. The third kappa shape index (κ3) is 4.42. The van der Waals surface area contributed by atoms with Gasteiger partial charge in [-0.25, -0.2) is 18.4 Å². The van der Waals surface area contributed by atoms with E-state index in [1.54, 1.807) is 26.2 Å². The van der Waals surface area contributed by atoms with E-state index in [9.17, 15) is 13.2 Å². The van der Waals surface area contributed by atoms with Crippen LogP contribution in [0.25, 0.3) is 0 Å². The molecule has 25 heavy (non-hydrogen) atoms. The van der Waals surface area contributed by atoms with E-state index in [-0.39, 0.29) is 16.2 Å². The predicted octanol–water partition coefficient (Wildman–Crippen LogP) is 3.21. The fourth-order valence-corrected chi connectivity index (χ4v) is 3.11. The van der Waals surface area contributed by atoms with Crippen LogP contribution in [0.3, 0.4) is 0 Å². The summed E-state index contributed by atoms with van der Waals surface area (Å²) in [7, 11) is -3.35. The molecule has 0 aliphatic carbocycles. The van der Waals surface area contributed by atoms with Crippen LogP contribution >= 0.6 is 0 Å². The van der Waals surface area contributed by atoms with Crippen molar-refractivity contribution in [1.29, 1.82) is 0 Å². The van der Waals surface area contributed by atoms with Gasteiger partial charge in [0.15, 0.2) is 9.84 Å². The van der Waals surface area contributed by atoms with Gasteiger partial charge in [0.1, 0.15) is 5.82 Å². The molecule has 0 unspecified atom stereocenters. The summed E-state index contributed by atoms with van der Waals surface area (Å²) < 4.78 is 24.2. The molecule has 134 valence electrons. The molecule has 0 bridgehead atoms. The Bertz CT molecular complexity index is 850. The molecular formula is C18H23N3O3S. The summed E-state index contributed by atoms with van der Waals surface area (Å²) >= 11 is 0. The smallest absolute Gasteiger partial charge is 0.255 e. The fourth-order valence-electron chi connectivity index (χ4n) is 2.05. The second-order valence-corrected chi connectivity index (χ2v) is 9.62. The van der Waals surface area contributed by atoms with Gasteiger partial charge < -0.3 is 5.32 Å². The van der Waals surface area contributed by atoms with Gasteiger partial charge in [0, 0.05) is 11.0 Å². The van der Waals surface area contributed by atoms with E-state index >= 15 is 0 Å². The molecule has 0 fully saturated rings. The summed E-state index contributed by atoms with van der Waals surface area (Å²) in [5, 5.41) is 2.20. The van der Waals surface area contributed by atoms with Crippen molar-refractivity contribution in [1.82, 2.24) is 9.97 Å². The molecule has 0 aliphatic rings. The number of nitrogens with one attached hydrogen (secondary N) is 1. The number of hydrogen-bond acceptors (Lipinski definition) is 5. The summed E-state index contributed by atoms with van der Waals surface area (Å²) in [6.07, 6.45) is 3.12. The number of anilines is 1. The Morgan fingerprint density at radius 1 is 1.04 bits per heavy atom. The average Bonchev–Trinajstić information content (AvgIpc) is 2.54. The second kappa shape index (κ2) is 6.92. The van der Waals surface area contributed by atoms with Crippen molar-refractivity contribution in [3.8, 4) is 0 Å². The van der Waals surface area contributed by atoms with Crippen LogP contribution in [-0.2, 0) is 15.3 Å². The van der Waals surface area contributed by atoms with Crippen molar-refractivity contribution in [2.24, 2.45) is 0 Å². The van der Waals surface area contributed by atoms with Gasteiger partial charge in [-0.3, -0.25) is 4.79 Å². The third-order valence-electron chi connectivity index (χ3n) is 3.65. The third-order valence-corrected chi connectivity index (χ3v) is 5.82. The Hall–Kier alpha value is -2.28. The van der Waals surface area contributed by atoms with Crippen LogP contribution in [0.5, 0.6) is 0 Å². The standard InChI is InChI=1S/C18H23N3O3S/c1-12(2)25(23,24)15-8-6-13(7-9-15)16(22)21-14-10-19-17(20-11-14)18(3,4)5/h6-12H,1-5H3,(H,21,22). The Morgan fingerprint density at radius 3 is 2.00 bits per heavy atom. The zero-order valence-electron chi connectivity index (χ0n) is 15.1. The first kappa shape index (κ1) is 19.1. The highest BCUT2D eigenvalue weighted by Crippen LogP contribution is 2.19. The number of nitrogens with zero attached hydrogens (tertiary/aromatic N) is 2. The zero-order valence-corrected chi connectivity index (χ0v) is 15.9. The maximum absolute atomic E-state index is 12.3. The Morgan fingerprint density at radius 2 is 1.56 bits per heavy atom. The summed E-state index contributed by atoms with van der Waals surface area (Å²) in [5.41, 5.74) is 0.680. The molecule has 0 saturated heterocycles. The average molecular weight is 361 g/mol. The number of benzene rings is 1. The van der Waals surface area contributed by atoms with E-state index in [1.807, 2.05) is 20.8 Å². The lowest BCUT2D eigenvalue weighted by Crippen LogP contribution is -2.17. The first-order valence-electron chi connectivity index (χ1n) is 7.99. The molecule has 7 heteroatoms. The highest BCUT2D eigenvalue weighted by Gasteiger charge is 2.20. The summed E-state index contributed by atoms with van der Waals surface area (Å²) in [6.45, 7) is 9.27. The molecule has 0 atom stereocenters. The van der Waals surface area contributed by atoms with Crippen molar-refractivity contribution < 1.29 is 13.2 Å². The molecule has 6 nitrogen and oxygen atoms in total. The van der Waals surface area contributed by atoms with Gasteiger partial charge in [0.2, 0.25) is 0 Å². The van der Waals surface area contributed by atoms with Crippen LogP contribution in [0.15, 0.2) is 41.6 Å². The van der Waals surface area contributed by atoms with Gasteiger partial charge in [-0.1, -0.05) is 20.8 Å². The molecule has 1 amide bonds. The summed E-state index contributed by atoms with van der Waals surface area (Å²) in [6, 6.07) is 5.89. The minimum atomic E-state index is -3.35. The van der Waals surface area contributed by atoms with Crippen LogP contribution in [0, 0.1) is 0 Å². The minimum absolute atomic E-state index is 0.166. The van der Waals surface area contributed by atoms with Crippen LogP contribution in [0.4, 0.5) is 5.69 Å². The predicted molar refractivity (Wildman–Crippen MR) is 97.4 cm³/mol. The van der Waals surface area contributed by atoms with Crippen molar-refractivity contribution in [3.63, 3.8) is 0 Å². The minimum Gasteiger partial charge on any atom is -0.319 e. The number of hydrogen-bond donors (Lipinski definition) is 1. The van der Waals surface area contributed by atoms with E-state index in [0.29, 0.717) is 17.1 Å². The van der Waals surface area contributed by atoms with E-state index < -0.39 is 15.1 Å². The van der Waals surface area contributed by atoms with E-state index in [2.05, 4.69) is 15.3 Å². The molecular weight excluding hydrogens is 338 g/mol. The van der Waals surface area contributed by atoms with Gasteiger partial charge >= 0.3 is 0 Å². The molecule has 1 N–H and O–H groups in total. The lowest BCUT2D eigenvalue weighted by Gasteiger charge is -2.16. The van der Waals surface area contributed by atoms with E-state index in [4.69, 9.17) is 0 Å². The zero-order chi connectivity index (χ0) is 18.8. The van der Waals surface area contributed by atoms with Gasteiger partial charge in [-0.15, -0.1) is 0 Å². The maximum Gasteiger partial charge on any atom is 0.255 e. The fraction of sp³-hybridized carbons (Fsp3) is 0.389. The van der Waals surface area contributed by atoms with Crippen LogP contribution in [-0.4, -0.2) is 29.5 Å². The van der Waals surface area contributed by atoms with Crippen molar-refractivity contribution in [3.05, 3.63) is 48.0 Å². The monoisotopic (exact) mass is 361 g/mol. The Balaban J connectivity index is 2.14. The first-order valence-corrected chi connectivity index (χ1v) is 9.54. The molecule has 0 spiro atoms. The van der Waals surface area contributed by atoms with E-state index in [0.717, 1.165) is 0 Å². The molecule has 0 radical (unpaired) electrons. The van der Waals surface area contributed by atoms with Crippen molar-refractivity contribution in [2.45, 2.75) is 50.2 Å². The van der Waals surface area contributed by atoms with Crippen LogP contribution in [0.2, 0.25) is 0 Å². The number of amides is 1. The van der Waals surface area contributed by atoms with Gasteiger partial charge in [0.05, 0.1) is 28.2 Å². The van der Waals surface area contributed by atoms with Crippen LogP contribution < -0.4 is 5.32 Å².